The minimum atomic E-state index is 0.769. The lowest BCUT2D eigenvalue weighted by atomic mass is 10.1. The van der Waals surface area contributed by atoms with Crippen molar-refractivity contribution in [3.8, 4) is 0 Å². The van der Waals surface area contributed by atoms with Crippen molar-refractivity contribution < 1.29 is 0 Å². The molecule has 1 aromatic heterocycles. The minimum Gasteiger partial charge on any atom is -0.147 e. The molecule has 0 aliphatic heterocycles. The van der Waals surface area contributed by atoms with Crippen LogP contribution in [0, 0.1) is 0 Å². The zero-order valence-electron chi connectivity index (χ0n) is 7.34. The lowest BCUT2D eigenvalue weighted by Crippen LogP contribution is -1.84. The maximum atomic E-state index is 6.01. The summed E-state index contributed by atoms with van der Waals surface area (Å²) >= 11 is 13.5. The summed E-state index contributed by atoms with van der Waals surface area (Å²) in [5.74, 6) is 0. The van der Waals surface area contributed by atoms with Crippen molar-refractivity contribution >= 4 is 34.5 Å². The third-order valence-corrected chi connectivity index (χ3v) is 3.61. The molecule has 0 saturated heterocycles. The molecule has 3 heteroatoms. The summed E-state index contributed by atoms with van der Waals surface area (Å²) in [4.78, 5) is 1.20. The highest BCUT2D eigenvalue weighted by Crippen LogP contribution is 2.25. The van der Waals surface area contributed by atoms with E-state index >= 15 is 0 Å². The summed E-state index contributed by atoms with van der Waals surface area (Å²) < 4.78 is 0. The fourth-order valence-corrected chi connectivity index (χ4v) is 2.50. The second kappa shape index (κ2) is 4.35. The zero-order chi connectivity index (χ0) is 9.97. The smallest absolute Gasteiger partial charge is 0.0548 e. The fourth-order valence-electron chi connectivity index (χ4n) is 1.24. The highest BCUT2D eigenvalue weighted by Gasteiger charge is 2.02. The molecule has 0 fully saturated rings. The molecule has 0 nitrogen and oxygen atoms in total. The molecule has 0 bridgehead atoms. The molecule has 0 unspecified atom stereocenters. The van der Waals surface area contributed by atoms with E-state index < -0.39 is 0 Å². The molecule has 0 atom stereocenters. The molecular weight excluding hydrogens is 235 g/mol. The Balaban J connectivity index is 2.19. The van der Waals surface area contributed by atoms with Gasteiger partial charge in [0.25, 0.3) is 0 Å². The Bertz CT molecular complexity index is 417. The predicted molar refractivity (Wildman–Crippen MR) is 63.6 cm³/mol. The van der Waals surface area contributed by atoms with Crippen LogP contribution < -0.4 is 0 Å². The number of hydrogen-bond donors (Lipinski definition) is 0. The molecule has 0 spiro atoms. The second-order valence-corrected chi connectivity index (χ2v) is 4.84. The minimum absolute atomic E-state index is 0.769. The van der Waals surface area contributed by atoms with E-state index in [-0.39, 0.29) is 0 Å². The van der Waals surface area contributed by atoms with Crippen LogP contribution in [0.4, 0.5) is 0 Å². The van der Waals surface area contributed by atoms with E-state index in [0.717, 1.165) is 16.5 Å². The van der Waals surface area contributed by atoms with Gasteiger partial charge in [-0.25, -0.2) is 0 Å². The lowest BCUT2D eigenvalue weighted by Gasteiger charge is -1.99. The normalized spacial score (nSPS) is 10.4. The summed E-state index contributed by atoms with van der Waals surface area (Å²) in [6, 6.07) is 9.78. The van der Waals surface area contributed by atoms with Crippen LogP contribution >= 0.6 is 34.5 Å². The van der Waals surface area contributed by atoms with E-state index in [9.17, 15) is 0 Å². The first-order valence-corrected chi connectivity index (χ1v) is 5.85. The van der Waals surface area contributed by atoms with Gasteiger partial charge in [-0.1, -0.05) is 35.3 Å². The molecule has 0 saturated carbocycles. The van der Waals surface area contributed by atoms with Crippen molar-refractivity contribution in [2.24, 2.45) is 0 Å². The molecule has 0 aliphatic rings. The molecule has 1 heterocycles. The van der Waals surface area contributed by atoms with Gasteiger partial charge in [-0.2, -0.15) is 0 Å². The summed E-state index contributed by atoms with van der Waals surface area (Å²) in [5.41, 5.74) is 1.23. The average molecular weight is 243 g/mol. The Morgan fingerprint density at radius 3 is 2.29 bits per heavy atom. The highest BCUT2D eigenvalue weighted by molar-refractivity contribution is 7.10. The third kappa shape index (κ3) is 2.30. The SMILES string of the molecule is Clc1ccc(Cc2sccc2Cl)cc1. The molecule has 0 radical (unpaired) electrons. The van der Waals surface area contributed by atoms with Crippen LogP contribution in [0.3, 0.4) is 0 Å². The van der Waals surface area contributed by atoms with E-state index in [1.54, 1.807) is 11.3 Å². The number of rotatable bonds is 2. The predicted octanol–water partition coefficient (Wildman–Crippen LogP) is 4.65. The number of halogens is 2. The van der Waals surface area contributed by atoms with Crippen LogP contribution in [0.25, 0.3) is 0 Å². The van der Waals surface area contributed by atoms with Gasteiger partial charge in [0.1, 0.15) is 0 Å². The molecule has 2 aromatic rings. The number of thiophene rings is 1. The Hall–Kier alpha value is -0.500. The molecule has 0 N–H and O–H groups in total. The zero-order valence-corrected chi connectivity index (χ0v) is 9.66. The first-order valence-electron chi connectivity index (χ1n) is 4.22. The highest BCUT2D eigenvalue weighted by atomic mass is 35.5. The van der Waals surface area contributed by atoms with E-state index in [0.29, 0.717) is 0 Å². The van der Waals surface area contributed by atoms with Crippen LogP contribution in [-0.2, 0) is 6.42 Å². The van der Waals surface area contributed by atoms with Gasteiger partial charge in [0.05, 0.1) is 5.02 Å². The Morgan fingerprint density at radius 1 is 1.00 bits per heavy atom. The van der Waals surface area contributed by atoms with Gasteiger partial charge in [-0.3, -0.25) is 0 Å². The van der Waals surface area contributed by atoms with Gasteiger partial charge in [0.15, 0.2) is 0 Å². The molecule has 0 aliphatic carbocycles. The first-order chi connectivity index (χ1) is 6.75. The van der Waals surface area contributed by atoms with Crippen LogP contribution in [0.15, 0.2) is 35.7 Å². The van der Waals surface area contributed by atoms with E-state index in [1.807, 2.05) is 35.7 Å². The van der Waals surface area contributed by atoms with Gasteiger partial charge < -0.3 is 0 Å². The van der Waals surface area contributed by atoms with E-state index in [4.69, 9.17) is 23.2 Å². The summed E-state index contributed by atoms with van der Waals surface area (Å²) in [6.45, 7) is 0. The Kier molecular flexibility index (Phi) is 3.12. The molecule has 14 heavy (non-hydrogen) atoms. The maximum Gasteiger partial charge on any atom is 0.0548 e. The summed E-state index contributed by atoms with van der Waals surface area (Å²) in [5, 5.41) is 3.63. The second-order valence-electron chi connectivity index (χ2n) is 2.99. The van der Waals surface area contributed by atoms with Crippen molar-refractivity contribution in [3.63, 3.8) is 0 Å². The van der Waals surface area contributed by atoms with Gasteiger partial charge in [0.2, 0.25) is 0 Å². The topological polar surface area (TPSA) is 0 Å². The Morgan fingerprint density at radius 2 is 1.71 bits per heavy atom. The third-order valence-electron chi connectivity index (χ3n) is 1.97. The van der Waals surface area contributed by atoms with Crippen molar-refractivity contribution in [1.29, 1.82) is 0 Å². The largest absolute Gasteiger partial charge is 0.147 e. The van der Waals surface area contributed by atoms with Gasteiger partial charge >= 0.3 is 0 Å². The van der Waals surface area contributed by atoms with Crippen LogP contribution in [0.1, 0.15) is 10.4 Å². The Labute approximate surface area is 97.1 Å². The van der Waals surface area contributed by atoms with E-state index in [2.05, 4.69) is 0 Å². The molecule has 1 aromatic carbocycles. The number of benzene rings is 1. The van der Waals surface area contributed by atoms with Crippen LogP contribution in [0.2, 0.25) is 10.0 Å². The number of hydrogen-bond acceptors (Lipinski definition) is 1. The first kappa shape index (κ1) is 10.0. The van der Waals surface area contributed by atoms with Gasteiger partial charge in [-0.05, 0) is 29.1 Å². The average Bonchev–Trinajstić information content (AvgIpc) is 2.56. The van der Waals surface area contributed by atoms with Gasteiger partial charge in [0, 0.05) is 16.3 Å². The van der Waals surface area contributed by atoms with Crippen molar-refractivity contribution in [2.45, 2.75) is 6.42 Å². The van der Waals surface area contributed by atoms with Crippen LogP contribution in [0.5, 0.6) is 0 Å². The van der Waals surface area contributed by atoms with Crippen LogP contribution in [-0.4, -0.2) is 0 Å². The molecule has 0 amide bonds. The van der Waals surface area contributed by atoms with Crippen molar-refractivity contribution in [1.82, 2.24) is 0 Å². The lowest BCUT2D eigenvalue weighted by molar-refractivity contribution is 1.24. The van der Waals surface area contributed by atoms with Gasteiger partial charge in [-0.15, -0.1) is 11.3 Å². The summed E-state index contributed by atoms with van der Waals surface area (Å²) in [6.07, 6.45) is 0.883. The van der Waals surface area contributed by atoms with E-state index in [1.165, 1.54) is 10.4 Å². The monoisotopic (exact) mass is 242 g/mol. The maximum absolute atomic E-state index is 6.01. The molecule has 2 rings (SSSR count). The quantitative estimate of drug-likeness (QED) is 0.720. The molecular formula is C11H8Cl2S. The standard InChI is InChI=1S/C11H8Cl2S/c12-9-3-1-8(2-4-9)7-11-10(13)5-6-14-11/h1-6H,7H2. The fraction of sp³-hybridized carbons (Fsp3) is 0.0909. The van der Waals surface area contributed by atoms with Crippen molar-refractivity contribution in [3.05, 3.63) is 56.2 Å². The molecule has 72 valence electrons. The van der Waals surface area contributed by atoms with Crippen molar-refractivity contribution in [2.75, 3.05) is 0 Å². The summed E-state index contributed by atoms with van der Waals surface area (Å²) in [7, 11) is 0.